The Balaban J connectivity index is 1.20. The average Bonchev–Trinajstić information content (AvgIpc) is 3.53. The molecule has 0 bridgehead atoms. The number of likely N-dealkylation sites (tertiary alicyclic amines) is 1. The lowest BCUT2D eigenvalue weighted by Gasteiger charge is -2.34. The smallest absolute Gasteiger partial charge is 0.238 e. The summed E-state index contributed by atoms with van der Waals surface area (Å²) in [5.41, 5.74) is 3.06. The molecule has 1 atom stereocenters. The molecule has 2 fully saturated rings. The first-order valence-corrected chi connectivity index (χ1v) is 11.7. The molecule has 2 saturated heterocycles. The van der Waals surface area contributed by atoms with Gasteiger partial charge in [-0.05, 0) is 62.8 Å². The van der Waals surface area contributed by atoms with Gasteiger partial charge in [-0.25, -0.2) is 9.97 Å². The van der Waals surface area contributed by atoms with Crippen LogP contribution in [0.3, 0.4) is 0 Å². The van der Waals surface area contributed by atoms with Crippen molar-refractivity contribution in [2.75, 3.05) is 56.5 Å². The Labute approximate surface area is 194 Å². The molecule has 5 rings (SSSR count). The van der Waals surface area contributed by atoms with Crippen LogP contribution in [-0.4, -0.2) is 76.6 Å². The van der Waals surface area contributed by atoms with Crippen LogP contribution in [0, 0.1) is 0 Å². The van der Waals surface area contributed by atoms with Crippen LogP contribution < -0.4 is 10.2 Å². The normalized spacial score (nSPS) is 19.7. The van der Waals surface area contributed by atoms with E-state index in [4.69, 9.17) is 4.98 Å². The molecule has 0 spiro atoms. The number of anilines is 2. The molecule has 2 aliphatic heterocycles. The number of carbonyl (C=O) groups excluding carboxylic acids is 1. The number of imidazole rings is 1. The lowest BCUT2D eigenvalue weighted by Crippen LogP contribution is -2.44. The molecule has 2 aromatic heterocycles. The van der Waals surface area contributed by atoms with Crippen LogP contribution in [0.5, 0.6) is 0 Å². The van der Waals surface area contributed by atoms with E-state index in [2.05, 4.69) is 50.2 Å². The number of hydrogen-bond donors (Lipinski definition) is 1. The fraction of sp³-hybridized carbons (Fsp3) is 0.400. The number of piperazine rings is 1. The van der Waals surface area contributed by atoms with Crippen molar-refractivity contribution in [3.63, 3.8) is 0 Å². The first-order valence-electron chi connectivity index (χ1n) is 11.7. The predicted octanol–water partition coefficient (Wildman–Crippen LogP) is 2.79. The number of rotatable bonds is 6. The third-order valence-corrected chi connectivity index (χ3v) is 6.60. The minimum absolute atomic E-state index is 0.0139. The van der Waals surface area contributed by atoms with Gasteiger partial charge in [-0.15, -0.1) is 0 Å². The molecule has 0 unspecified atom stereocenters. The van der Waals surface area contributed by atoms with E-state index >= 15 is 0 Å². The first kappa shape index (κ1) is 21.6. The van der Waals surface area contributed by atoms with Crippen molar-refractivity contribution >= 4 is 17.3 Å². The van der Waals surface area contributed by atoms with E-state index in [1.807, 2.05) is 35.0 Å². The Bertz CT molecular complexity index is 1060. The molecule has 8 heteroatoms. The molecule has 1 aromatic carbocycles. The highest BCUT2D eigenvalue weighted by Gasteiger charge is 2.29. The molecule has 1 N–H and O–H groups in total. The van der Waals surface area contributed by atoms with Gasteiger partial charge in [0.1, 0.15) is 12.1 Å². The molecule has 3 aromatic rings. The summed E-state index contributed by atoms with van der Waals surface area (Å²) in [7, 11) is 2.16. The Morgan fingerprint density at radius 2 is 1.88 bits per heavy atom. The summed E-state index contributed by atoms with van der Waals surface area (Å²) in [6.07, 6.45) is 7.46. The third kappa shape index (κ3) is 5.07. The summed E-state index contributed by atoms with van der Waals surface area (Å²) in [4.78, 5) is 28.7. The van der Waals surface area contributed by atoms with Crippen LogP contribution in [0.1, 0.15) is 24.6 Å². The van der Waals surface area contributed by atoms with Gasteiger partial charge in [0.2, 0.25) is 5.91 Å². The monoisotopic (exact) mass is 445 g/mol. The molecular formula is C25H31N7O. The van der Waals surface area contributed by atoms with Crippen LogP contribution >= 0.6 is 0 Å². The van der Waals surface area contributed by atoms with E-state index in [0.717, 1.165) is 62.8 Å². The van der Waals surface area contributed by atoms with Crippen molar-refractivity contribution < 1.29 is 4.79 Å². The highest BCUT2D eigenvalue weighted by atomic mass is 16.2. The number of amides is 1. The molecule has 1 amide bonds. The zero-order valence-electron chi connectivity index (χ0n) is 19.1. The van der Waals surface area contributed by atoms with Gasteiger partial charge in [0.25, 0.3) is 0 Å². The minimum atomic E-state index is 0.0139. The number of aromatic nitrogens is 3. The molecule has 4 heterocycles. The van der Waals surface area contributed by atoms with Gasteiger partial charge in [-0.2, -0.15) is 0 Å². The molecule has 33 heavy (non-hydrogen) atoms. The van der Waals surface area contributed by atoms with Gasteiger partial charge in [0.05, 0.1) is 18.3 Å². The summed E-state index contributed by atoms with van der Waals surface area (Å²) in [6.45, 7) is 5.49. The second kappa shape index (κ2) is 9.72. The number of benzene rings is 1. The van der Waals surface area contributed by atoms with E-state index in [1.165, 1.54) is 5.69 Å². The third-order valence-electron chi connectivity index (χ3n) is 6.60. The number of hydrogen-bond acceptors (Lipinski definition) is 6. The van der Waals surface area contributed by atoms with Gasteiger partial charge >= 0.3 is 0 Å². The predicted molar refractivity (Wildman–Crippen MR) is 130 cm³/mol. The highest BCUT2D eigenvalue weighted by molar-refractivity contribution is 5.92. The van der Waals surface area contributed by atoms with Crippen LogP contribution in [0.4, 0.5) is 11.4 Å². The highest BCUT2D eigenvalue weighted by Crippen LogP contribution is 2.31. The zero-order chi connectivity index (χ0) is 22.6. The van der Waals surface area contributed by atoms with Crippen LogP contribution in [0.25, 0.3) is 5.82 Å². The maximum atomic E-state index is 12.8. The summed E-state index contributed by atoms with van der Waals surface area (Å²) in [5.74, 6) is 0.863. The number of nitrogens with zero attached hydrogens (tertiary/aromatic N) is 6. The Morgan fingerprint density at radius 3 is 2.64 bits per heavy atom. The lowest BCUT2D eigenvalue weighted by atomic mass is 10.1. The summed E-state index contributed by atoms with van der Waals surface area (Å²) >= 11 is 0. The maximum Gasteiger partial charge on any atom is 0.238 e. The number of nitrogens with one attached hydrogen (secondary N) is 1. The maximum absolute atomic E-state index is 12.8. The second-order valence-corrected chi connectivity index (χ2v) is 8.90. The van der Waals surface area contributed by atoms with E-state index in [1.54, 1.807) is 12.5 Å². The fourth-order valence-electron chi connectivity index (χ4n) is 4.72. The minimum Gasteiger partial charge on any atom is -0.369 e. The van der Waals surface area contributed by atoms with Crippen molar-refractivity contribution in [2.45, 2.75) is 18.9 Å². The van der Waals surface area contributed by atoms with E-state index in [0.29, 0.717) is 6.54 Å². The van der Waals surface area contributed by atoms with Gasteiger partial charge in [0.15, 0.2) is 0 Å². The first-order chi connectivity index (χ1) is 16.2. The Kier molecular flexibility index (Phi) is 6.37. The summed E-state index contributed by atoms with van der Waals surface area (Å²) in [6, 6.07) is 14.4. The summed E-state index contributed by atoms with van der Waals surface area (Å²) in [5, 5.41) is 3.07. The largest absolute Gasteiger partial charge is 0.369 e. The molecule has 2 aliphatic rings. The van der Waals surface area contributed by atoms with Gasteiger partial charge < -0.3 is 15.1 Å². The number of likely N-dealkylation sites (N-methyl/N-ethyl adjacent to an activating group) is 1. The average molecular weight is 446 g/mol. The van der Waals surface area contributed by atoms with Crippen LogP contribution in [0.15, 0.2) is 61.2 Å². The quantitative estimate of drug-likeness (QED) is 0.629. The van der Waals surface area contributed by atoms with Crippen LogP contribution in [-0.2, 0) is 4.79 Å². The Morgan fingerprint density at radius 1 is 1.06 bits per heavy atom. The van der Waals surface area contributed by atoms with Crippen molar-refractivity contribution in [1.29, 1.82) is 0 Å². The van der Waals surface area contributed by atoms with Crippen molar-refractivity contribution in [3.05, 3.63) is 66.9 Å². The van der Waals surface area contributed by atoms with Crippen LogP contribution in [0.2, 0.25) is 0 Å². The van der Waals surface area contributed by atoms with E-state index in [9.17, 15) is 4.79 Å². The van der Waals surface area contributed by atoms with E-state index < -0.39 is 0 Å². The van der Waals surface area contributed by atoms with Crippen molar-refractivity contribution in [2.24, 2.45) is 0 Å². The van der Waals surface area contributed by atoms with Gasteiger partial charge in [-0.1, -0.05) is 6.07 Å². The van der Waals surface area contributed by atoms with Gasteiger partial charge in [-0.3, -0.25) is 14.3 Å². The molecule has 0 saturated carbocycles. The topological polar surface area (TPSA) is 69.5 Å². The molecule has 8 nitrogen and oxygen atoms in total. The zero-order valence-corrected chi connectivity index (χ0v) is 19.1. The SMILES string of the molecule is CN1CCN(c2ccc(NC(=O)CN3CCC[C@@H]3c3cccc(-n4ccnc4)n3)cc2)CC1. The van der Waals surface area contributed by atoms with E-state index in [-0.39, 0.29) is 11.9 Å². The number of pyridine rings is 1. The van der Waals surface area contributed by atoms with Crippen molar-refractivity contribution in [3.8, 4) is 5.82 Å². The lowest BCUT2D eigenvalue weighted by molar-refractivity contribution is -0.117. The standard InChI is InChI=1S/C25H31N7O/c1-29-14-16-30(17-15-29)21-9-7-20(8-10-21)27-25(33)18-31-12-3-5-23(31)22-4-2-6-24(28-22)32-13-11-26-19-32/h2,4,6-11,13,19,23H,3,5,12,14-18H2,1H3,(H,27,33)/t23-/m1/s1. The molecule has 0 radical (unpaired) electrons. The fourth-order valence-corrected chi connectivity index (χ4v) is 4.72. The van der Waals surface area contributed by atoms with Gasteiger partial charge in [0, 0.05) is 49.9 Å². The Hall–Kier alpha value is -3.23. The second-order valence-electron chi connectivity index (χ2n) is 8.90. The van der Waals surface area contributed by atoms with Crippen molar-refractivity contribution in [1.82, 2.24) is 24.3 Å². The summed E-state index contributed by atoms with van der Waals surface area (Å²) < 4.78 is 1.90. The molecule has 0 aliphatic carbocycles. The molecule has 172 valence electrons. The number of carbonyl (C=O) groups is 1. The molecular weight excluding hydrogens is 414 g/mol.